The molecule has 0 radical (unpaired) electrons. The average molecular weight is 349 g/mol. The number of thiazole rings is 1. The van der Waals surface area contributed by atoms with Crippen molar-refractivity contribution in [3.05, 3.63) is 70.5 Å². The zero-order chi connectivity index (χ0) is 17.2. The second-order valence-corrected chi connectivity index (χ2v) is 7.14. The van der Waals surface area contributed by atoms with Gasteiger partial charge >= 0.3 is 0 Å². The molecule has 1 aliphatic rings. The molecule has 0 unspecified atom stereocenters. The Morgan fingerprint density at radius 1 is 1.08 bits per heavy atom. The fourth-order valence-electron chi connectivity index (χ4n) is 3.08. The van der Waals surface area contributed by atoms with Gasteiger partial charge < -0.3 is 9.80 Å². The molecule has 0 saturated carbocycles. The van der Waals surface area contributed by atoms with E-state index in [1.54, 1.807) is 11.9 Å². The first-order valence-corrected chi connectivity index (χ1v) is 9.21. The van der Waals surface area contributed by atoms with Gasteiger partial charge in [-0.3, -0.25) is 4.79 Å². The third-order valence-corrected chi connectivity index (χ3v) is 5.51. The number of aryl methyl sites for hydroxylation is 1. The molecular weight excluding hydrogens is 330 g/mol. The second-order valence-electron chi connectivity index (χ2n) is 6.06. The number of hydrogen-bond donors (Lipinski definition) is 0. The number of aromatic nitrogens is 1. The molecule has 0 aliphatic carbocycles. The van der Waals surface area contributed by atoms with E-state index in [1.807, 2.05) is 48.5 Å². The largest absolute Gasteiger partial charge is 0.325 e. The van der Waals surface area contributed by atoms with Crippen LogP contribution in [0.1, 0.15) is 21.1 Å². The summed E-state index contributed by atoms with van der Waals surface area (Å²) in [6.45, 7) is 0.933. The maximum absolute atomic E-state index is 12.9. The van der Waals surface area contributed by atoms with E-state index in [2.05, 4.69) is 17.0 Å². The zero-order valence-corrected chi connectivity index (χ0v) is 14.9. The van der Waals surface area contributed by atoms with Gasteiger partial charge in [-0.25, -0.2) is 4.98 Å². The van der Waals surface area contributed by atoms with Crippen LogP contribution in [0.3, 0.4) is 0 Å². The van der Waals surface area contributed by atoms with Crippen molar-refractivity contribution >= 4 is 34.4 Å². The summed E-state index contributed by atoms with van der Waals surface area (Å²) in [5, 5.41) is 0.555. The molecule has 0 fully saturated rings. The highest BCUT2D eigenvalue weighted by Gasteiger charge is 2.26. The lowest BCUT2D eigenvalue weighted by molar-refractivity contribution is 0.0992. The summed E-state index contributed by atoms with van der Waals surface area (Å²) in [5.41, 5.74) is 2.00. The van der Waals surface area contributed by atoms with Gasteiger partial charge in [0.1, 0.15) is 5.82 Å². The summed E-state index contributed by atoms with van der Waals surface area (Å²) < 4.78 is 0. The highest BCUT2D eigenvalue weighted by Crippen LogP contribution is 2.36. The quantitative estimate of drug-likeness (QED) is 0.698. The van der Waals surface area contributed by atoms with Crippen LogP contribution in [0, 0.1) is 0 Å². The molecule has 2 heterocycles. The first-order chi connectivity index (χ1) is 12.2. The van der Waals surface area contributed by atoms with E-state index in [-0.39, 0.29) is 5.91 Å². The number of anilines is 3. The summed E-state index contributed by atoms with van der Waals surface area (Å²) in [4.78, 5) is 22.6. The van der Waals surface area contributed by atoms with Crippen LogP contribution >= 0.6 is 11.3 Å². The van der Waals surface area contributed by atoms with E-state index in [0.29, 0.717) is 5.01 Å². The van der Waals surface area contributed by atoms with Gasteiger partial charge in [-0.15, -0.1) is 11.3 Å². The Hall–Kier alpha value is -2.66. The van der Waals surface area contributed by atoms with Gasteiger partial charge in [0, 0.05) is 29.8 Å². The average Bonchev–Trinajstić information content (AvgIpc) is 3.12. The smallest absolute Gasteiger partial charge is 0.287 e. The fourth-order valence-corrected chi connectivity index (χ4v) is 4.17. The molecule has 1 aliphatic heterocycles. The Kier molecular flexibility index (Phi) is 4.24. The number of para-hydroxylation sites is 2. The number of carbonyl (C=O) groups excluding carboxylic acids is 1. The summed E-state index contributed by atoms with van der Waals surface area (Å²) >= 11 is 1.52. The van der Waals surface area contributed by atoms with Crippen molar-refractivity contribution in [1.82, 2.24) is 4.98 Å². The topological polar surface area (TPSA) is 36.4 Å². The van der Waals surface area contributed by atoms with Gasteiger partial charge in [0.05, 0.1) is 0 Å². The highest BCUT2D eigenvalue weighted by atomic mass is 32.1. The Morgan fingerprint density at radius 3 is 2.48 bits per heavy atom. The third kappa shape index (κ3) is 3.03. The predicted octanol–water partition coefficient (Wildman–Crippen LogP) is 4.50. The van der Waals surface area contributed by atoms with E-state index in [0.717, 1.165) is 36.6 Å². The number of amides is 1. The minimum atomic E-state index is -0.0568. The summed E-state index contributed by atoms with van der Waals surface area (Å²) in [5.74, 6) is 0.880. The van der Waals surface area contributed by atoms with E-state index >= 15 is 0 Å². The van der Waals surface area contributed by atoms with Crippen molar-refractivity contribution in [3.8, 4) is 0 Å². The number of hydrogen-bond acceptors (Lipinski definition) is 4. The first kappa shape index (κ1) is 15.8. The van der Waals surface area contributed by atoms with Crippen LogP contribution < -0.4 is 9.80 Å². The van der Waals surface area contributed by atoms with Crippen LogP contribution in [0.15, 0.2) is 60.7 Å². The lowest BCUT2D eigenvalue weighted by Crippen LogP contribution is -2.26. The Morgan fingerprint density at radius 2 is 1.76 bits per heavy atom. The van der Waals surface area contributed by atoms with Crippen LogP contribution in [0.2, 0.25) is 0 Å². The summed E-state index contributed by atoms with van der Waals surface area (Å²) in [6.07, 6.45) is 2.06. The Balaban J connectivity index is 1.65. The van der Waals surface area contributed by atoms with Crippen LogP contribution in [0.25, 0.3) is 0 Å². The van der Waals surface area contributed by atoms with Gasteiger partial charge in [0.2, 0.25) is 0 Å². The molecule has 126 valence electrons. The summed E-state index contributed by atoms with van der Waals surface area (Å²) in [6, 6.07) is 19.9. The molecule has 5 heteroatoms. The molecule has 1 aromatic heterocycles. The lowest BCUT2D eigenvalue weighted by atomic mass is 10.1. The van der Waals surface area contributed by atoms with Crippen molar-refractivity contribution in [3.63, 3.8) is 0 Å². The number of benzene rings is 2. The monoisotopic (exact) mass is 349 g/mol. The standard InChI is InChI=1S/C20H19N3OS/c1-22(15-9-4-2-5-10-15)20(24)19-21-18-17(25-19)13-8-14-23(18)16-11-6-3-7-12-16/h2-7,9-12H,8,13-14H2,1H3. The number of carbonyl (C=O) groups is 1. The maximum Gasteiger partial charge on any atom is 0.287 e. The SMILES string of the molecule is CN(C(=O)c1nc2c(s1)CCCN2c1ccccc1)c1ccccc1. The molecule has 0 spiro atoms. The number of nitrogens with zero attached hydrogens (tertiary/aromatic N) is 3. The molecule has 2 aromatic carbocycles. The molecular formula is C20H19N3OS. The Labute approximate surface area is 151 Å². The number of fused-ring (bicyclic) bond motifs is 1. The molecule has 0 atom stereocenters. The van der Waals surface area contributed by atoms with E-state index in [4.69, 9.17) is 4.98 Å². The van der Waals surface area contributed by atoms with Crippen LogP contribution in [0.5, 0.6) is 0 Å². The van der Waals surface area contributed by atoms with Crippen molar-refractivity contribution in [1.29, 1.82) is 0 Å². The molecule has 4 nitrogen and oxygen atoms in total. The predicted molar refractivity (Wildman–Crippen MR) is 103 cm³/mol. The summed E-state index contributed by atoms with van der Waals surface area (Å²) in [7, 11) is 1.80. The van der Waals surface area contributed by atoms with Gasteiger partial charge in [0.15, 0.2) is 5.01 Å². The first-order valence-electron chi connectivity index (χ1n) is 8.39. The van der Waals surface area contributed by atoms with Crippen molar-refractivity contribution in [2.24, 2.45) is 0 Å². The Bertz CT molecular complexity index is 876. The maximum atomic E-state index is 12.9. The van der Waals surface area contributed by atoms with Crippen molar-refractivity contribution in [2.75, 3.05) is 23.4 Å². The van der Waals surface area contributed by atoms with E-state index < -0.39 is 0 Å². The molecule has 1 amide bonds. The van der Waals surface area contributed by atoms with Gasteiger partial charge in [-0.2, -0.15) is 0 Å². The normalized spacial score (nSPS) is 13.4. The van der Waals surface area contributed by atoms with E-state index in [9.17, 15) is 4.79 Å². The molecule has 3 aromatic rings. The molecule has 4 rings (SSSR count). The van der Waals surface area contributed by atoms with Gasteiger partial charge in [-0.05, 0) is 37.1 Å². The van der Waals surface area contributed by atoms with E-state index in [1.165, 1.54) is 16.2 Å². The van der Waals surface area contributed by atoms with Crippen molar-refractivity contribution in [2.45, 2.75) is 12.8 Å². The third-order valence-electron chi connectivity index (χ3n) is 4.42. The van der Waals surface area contributed by atoms with Crippen LogP contribution in [-0.2, 0) is 6.42 Å². The minimum absolute atomic E-state index is 0.0568. The molecule has 0 saturated heterocycles. The molecule has 0 N–H and O–H groups in total. The van der Waals surface area contributed by atoms with Crippen LogP contribution in [-0.4, -0.2) is 24.5 Å². The second kappa shape index (κ2) is 6.69. The van der Waals surface area contributed by atoms with Gasteiger partial charge in [-0.1, -0.05) is 36.4 Å². The highest BCUT2D eigenvalue weighted by molar-refractivity contribution is 7.14. The van der Waals surface area contributed by atoms with Crippen molar-refractivity contribution < 1.29 is 4.79 Å². The molecule has 0 bridgehead atoms. The number of rotatable bonds is 3. The zero-order valence-electron chi connectivity index (χ0n) is 14.1. The lowest BCUT2D eigenvalue weighted by Gasteiger charge is -2.27. The van der Waals surface area contributed by atoms with Gasteiger partial charge in [0.25, 0.3) is 5.91 Å². The fraction of sp³-hybridized carbons (Fsp3) is 0.200. The van der Waals surface area contributed by atoms with Crippen LogP contribution in [0.4, 0.5) is 17.2 Å². The minimum Gasteiger partial charge on any atom is -0.325 e. The molecule has 25 heavy (non-hydrogen) atoms.